The molecule has 4 heteroatoms. The summed E-state index contributed by atoms with van der Waals surface area (Å²) in [6.45, 7) is 4.70. The molecule has 3 rings (SSSR count). The summed E-state index contributed by atoms with van der Waals surface area (Å²) >= 11 is 3.96. The predicted octanol–water partition coefficient (Wildman–Crippen LogP) is 5.30. The second-order valence-electron chi connectivity index (χ2n) is 5.67. The smallest absolute Gasteiger partial charge is 0.0631 e. The zero-order valence-corrected chi connectivity index (χ0v) is 16.4. The molecular weight excluding hydrogens is 374 g/mol. The number of hydrogen-bond donors (Lipinski definition) is 0. The number of thiophene rings is 1. The molecule has 0 fully saturated rings. The zero-order valence-electron chi connectivity index (χ0n) is 13.0. The molecule has 0 spiro atoms. The van der Waals surface area contributed by atoms with Crippen LogP contribution in [0.3, 0.4) is 0 Å². The van der Waals surface area contributed by atoms with E-state index in [0.29, 0.717) is 6.04 Å². The van der Waals surface area contributed by atoms with Crippen molar-refractivity contribution in [2.75, 3.05) is 18.8 Å². The summed E-state index contributed by atoms with van der Waals surface area (Å²) < 4.78 is 1.55. The van der Waals surface area contributed by atoms with Gasteiger partial charge in [0.15, 0.2) is 0 Å². The van der Waals surface area contributed by atoms with Crippen LogP contribution in [0.25, 0.3) is 0 Å². The van der Waals surface area contributed by atoms with Crippen molar-refractivity contribution in [2.45, 2.75) is 36.4 Å². The number of fused-ring (bicyclic) bond motifs is 1. The normalized spacial score (nSPS) is 17.1. The molecule has 0 saturated carbocycles. The van der Waals surface area contributed by atoms with E-state index in [1.807, 2.05) is 11.3 Å². The zero-order chi connectivity index (χ0) is 14.5. The lowest BCUT2D eigenvalue weighted by Gasteiger charge is -2.34. The van der Waals surface area contributed by atoms with Crippen LogP contribution in [0, 0.1) is 0 Å². The SMILES string of the molecule is Br.CCCN(CCc1ccccc1)C1CSc2sccc2C1. The van der Waals surface area contributed by atoms with Crippen LogP contribution in [0.5, 0.6) is 0 Å². The van der Waals surface area contributed by atoms with Crippen LogP contribution < -0.4 is 0 Å². The molecule has 1 aliphatic rings. The second-order valence-corrected chi connectivity index (χ2v) is 7.88. The van der Waals surface area contributed by atoms with Gasteiger partial charge in [-0.3, -0.25) is 4.90 Å². The summed E-state index contributed by atoms with van der Waals surface area (Å²) in [4.78, 5) is 2.71. The van der Waals surface area contributed by atoms with Crippen molar-refractivity contribution in [1.82, 2.24) is 4.90 Å². The van der Waals surface area contributed by atoms with Crippen LogP contribution in [0.4, 0.5) is 0 Å². The van der Waals surface area contributed by atoms with Gasteiger partial charge in [-0.25, -0.2) is 0 Å². The first-order valence-corrected chi connectivity index (χ1v) is 9.70. The first kappa shape index (κ1) is 18.1. The molecule has 1 atom stereocenters. The van der Waals surface area contributed by atoms with E-state index in [2.05, 4.69) is 65.4 Å². The number of thioether (sulfide) groups is 1. The maximum atomic E-state index is 2.71. The van der Waals surface area contributed by atoms with Crippen LogP contribution in [0.15, 0.2) is 46.0 Å². The van der Waals surface area contributed by atoms with Gasteiger partial charge in [-0.2, -0.15) is 0 Å². The molecule has 1 nitrogen and oxygen atoms in total. The van der Waals surface area contributed by atoms with Crippen molar-refractivity contribution in [2.24, 2.45) is 0 Å². The van der Waals surface area contributed by atoms with E-state index in [-0.39, 0.29) is 17.0 Å². The molecule has 120 valence electrons. The van der Waals surface area contributed by atoms with Gasteiger partial charge in [-0.05, 0) is 48.4 Å². The van der Waals surface area contributed by atoms with Gasteiger partial charge in [0, 0.05) is 18.3 Å². The highest BCUT2D eigenvalue weighted by Crippen LogP contribution is 2.36. The molecule has 1 aromatic heterocycles. The quantitative estimate of drug-likeness (QED) is 0.650. The predicted molar refractivity (Wildman–Crippen MR) is 105 cm³/mol. The Morgan fingerprint density at radius 2 is 1.95 bits per heavy atom. The van der Waals surface area contributed by atoms with Gasteiger partial charge in [0.1, 0.15) is 0 Å². The fourth-order valence-electron chi connectivity index (χ4n) is 3.00. The first-order valence-electron chi connectivity index (χ1n) is 7.84. The number of hydrogen-bond acceptors (Lipinski definition) is 3. The Morgan fingerprint density at radius 3 is 2.73 bits per heavy atom. The van der Waals surface area contributed by atoms with E-state index in [4.69, 9.17) is 0 Å². The van der Waals surface area contributed by atoms with Crippen LogP contribution in [0.2, 0.25) is 0 Å². The van der Waals surface area contributed by atoms with Crippen molar-refractivity contribution in [3.8, 4) is 0 Å². The van der Waals surface area contributed by atoms with E-state index in [9.17, 15) is 0 Å². The second kappa shape index (κ2) is 9.11. The van der Waals surface area contributed by atoms with E-state index in [0.717, 1.165) is 0 Å². The molecule has 0 bridgehead atoms. The average molecular weight is 398 g/mol. The molecule has 1 aromatic carbocycles. The number of benzene rings is 1. The molecular formula is C18H24BrNS2. The molecule has 2 aromatic rings. The molecule has 0 N–H and O–H groups in total. The Kier molecular flexibility index (Phi) is 7.48. The third kappa shape index (κ3) is 4.60. The van der Waals surface area contributed by atoms with E-state index >= 15 is 0 Å². The maximum absolute atomic E-state index is 2.71. The summed E-state index contributed by atoms with van der Waals surface area (Å²) in [7, 11) is 0. The van der Waals surface area contributed by atoms with Crippen LogP contribution in [-0.4, -0.2) is 29.8 Å². The lowest BCUT2D eigenvalue weighted by Crippen LogP contribution is -2.41. The highest BCUT2D eigenvalue weighted by molar-refractivity contribution is 8.93. The van der Waals surface area contributed by atoms with Crippen molar-refractivity contribution >= 4 is 40.1 Å². The standard InChI is InChI=1S/C18H23NS2.BrH/c1-2-10-19(11-8-15-6-4-3-5-7-15)17-13-16-9-12-20-18(16)21-14-17;/h3-7,9,12,17H,2,8,10-11,13-14H2,1H3;1H. The third-order valence-electron chi connectivity index (χ3n) is 4.13. The van der Waals surface area contributed by atoms with Gasteiger partial charge in [0.2, 0.25) is 0 Å². The minimum absolute atomic E-state index is 0. The third-order valence-corrected chi connectivity index (χ3v) is 6.59. The Labute approximate surface area is 152 Å². The summed E-state index contributed by atoms with van der Waals surface area (Å²) in [5, 5.41) is 2.24. The summed E-state index contributed by atoms with van der Waals surface area (Å²) in [5.41, 5.74) is 3.03. The van der Waals surface area contributed by atoms with Gasteiger partial charge in [0.25, 0.3) is 0 Å². The van der Waals surface area contributed by atoms with E-state index in [1.54, 1.807) is 9.77 Å². The lowest BCUT2D eigenvalue weighted by atomic mass is 10.1. The van der Waals surface area contributed by atoms with Gasteiger partial charge in [-0.15, -0.1) is 40.1 Å². The minimum Gasteiger partial charge on any atom is -0.299 e. The Hall–Kier alpha value is -0.290. The summed E-state index contributed by atoms with van der Waals surface area (Å²) in [6.07, 6.45) is 3.64. The van der Waals surface area contributed by atoms with E-state index < -0.39 is 0 Å². The largest absolute Gasteiger partial charge is 0.299 e. The van der Waals surface area contributed by atoms with Crippen molar-refractivity contribution < 1.29 is 0 Å². The fraction of sp³-hybridized carbons (Fsp3) is 0.444. The molecule has 0 saturated heterocycles. The maximum Gasteiger partial charge on any atom is 0.0631 e. The Balaban J connectivity index is 0.00000176. The highest BCUT2D eigenvalue weighted by atomic mass is 79.9. The highest BCUT2D eigenvalue weighted by Gasteiger charge is 2.24. The molecule has 0 aliphatic carbocycles. The number of halogens is 1. The van der Waals surface area contributed by atoms with Crippen LogP contribution in [0.1, 0.15) is 24.5 Å². The van der Waals surface area contributed by atoms with Crippen LogP contribution >= 0.6 is 40.1 Å². The molecule has 1 aliphatic heterocycles. The average Bonchev–Trinajstić information content (AvgIpc) is 3.00. The molecule has 0 amide bonds. The first-order chi connectivity index (χ1) is 10.4. The molecule has 0 radical (unpaired) electrons. The van der Waals surface area contributed by atoms with Crippen molar-refractivity contribution in [1.29, 1.82) is 0 Å². The minimum atomic E-state index is 0. The van der Waals surface area contributed by atoms with Crippen LogP contribution in [-0.2, 0) is 12.8 Å². The molecule has 1 unspecified atom stereocenters. The molecule has 22 heavy (non-hydrogen) atoms. The Morgan fingerprint density at radius 1 is 1.14 bits per heavy atom. The van der Waals surface area contributed by atoms with Gasteiger partial charge in [-0.1, -0.05) is 37.3 Å². The van der Waals surface area contributed by atoms with Crippen molar-refractivity contribution in [3.63, 3.8) is 0 Å². The van der Waals surface area contributed by atoms with Crippen molar-refractivity contribution in [3.05, 3.63) is 52.9 Å². The summed E-state index contributed by atoms with van der Waals surface area (Å²) in [6, 6.07) is 13.9. The number of nitrogens with zero attached hydrogens (tertiary/aromatic N) is 1. The molecule has 2 heterocycles. The fourth-order valence-corrected chi connectivity index (χ4v) is 5.31. The number of rotatable bonds is 6. The lowest BCUT2D eigenvalue weighted by molar-refractivity contribution is 0.212. The van der Waals surface area contributed by atoms with Gasteiger partial charge >= 0.3 is 0 Å². The topological polar surface area (TPSA) is 3.24 Å². The van der Waals surface area contributed by atoms with Gasteiger partial charge in [0.05, 0.1) is 4.21 Å². The Bertz CT molecular complexity index is 555. The van der Waals surface area contributed by atoms with Gasteiger partial charge < -0.3 is 0 Å². The van der Waals surface area contributed by atoms with E-state index in [1.165, 1.54) is 43.7 Å². The monoisotopic (exact) mass is 397 g/mol. The summed E-state index contributed by atoms with van der Waals surface area (Å²) in [5.74, 6) is 1.25.